The van der Waals surface area contributed by atoms with Crippen molar-refractivity contribution in [2.45, 2.75) is 45.1 Å². The Kier molecular flexibility index (Phi) is 9.24. The van der Waals surface area contributed by atoms with Gasteiger partial charge in [0.05, 0.1) is 41.8 Å². The molecule has 1 saturated heterocycles. The Bertz CT molecular complexity index is 1660. The second kappa shape index (κ2) is 13.1. The summed E-state index contributed by atoms with van der Waals surface area (Å²) >= 11 is 0. The number of anilines is 1. The molecule has 1 aliphatic heterocycles. The van der Waals surface area contributed by atoms with Crippen LogP contribution in [-0.2, 0) is 9.59 Å². The van der Waals surface area contributed by atoms with Gasteiger partial charge in [-0.3, -0.25) is 19.7 Å². The van der Waals surface area contributed by atoms with Crippen LogP contribution in [0.4, 0.5) is 11.4 Å². The maximum Gasteiger partial charge on any atom is 0.271 e. The number of carbonyl (C=O) groups excluding carboxylic acids is 2. The van der Waals surface area contributed by atoms with E-state index in [1.807, 2.05) is 30.3 Å². The van der Waals surface area contributed by atoms with Crippen molar-refractivity contribution in [2.75, 3.05) is 18.1 Å². The van der Waals surface area contributed by atoms with E-state index >= 15 is 0 Å². The summed E-state index contributed by atoms with van der Waals surface area (Å²) in [6.07, 6.45) is 3.44. The van der Waals surface area contributed by atoms with E-state index < -0.39 is 53.8 Å². The highest BCUT2D eigenvalue weighted by atomic mass is 16.6. The molecule has 0 bridgehead atoms. The number of non-ortho nitro benzene ring substituents is 1. The molecule has 1 aliphatic carbocycles. The van der Waals surface area contributed by atoms with Crippen LogP contribution in [0.5, 0.6) is 5.75 Å². The topological polar surface area (TPSA) is 161 Å². The summed E-state index contributed by atoms with van der Waals surface area (Å²) in [5.74, 6) is -3.68. The lowest BCUT2D eigenvalue weighted by Gasteiger charge is -2.36. The average molecular weight is 601 g/mol. The maximum absolute atomic E-state index is 13.7. The Morgan fingerprint density at radius 1 is 1.05 bits per heavy atom. The van der Waals surface area contributed by atoms with Crippen LogP contribution in [0.25, 0.3) is 16.8 Å². The largest absolute Gasteiger partial charge is 0.507 e. The second-order valence-corrected chi connectivity index (χ2v) is 11.5. The van der Waals surface area contributed by atoms with E-state index in [0.717, 1.165) is 45.7 Å². The van der Waals surface area contributed by atoms with E-state index in [-0.39, 0.29) is 30.0 Å². The molecular weight excluding hydrogens is 564 g/mol. The molecule has 0 radical (unpaired) electrons. The average Bonchev–Trinajstić information content (AvgIpc) is 3.28. The fourth-order valence-corrected chi connectivity index (χ4v) is 6.83. The number of carbonyl (C=O) groups is 2. The Morgan fingerprint density at radius 3 is 2.48 bits per heavy atom. The number of aliphatic hydroxyl groups excluding tert-OH is 3. The number of nitrogens with zero attached hydrogens (tertiary/aromatic N) is 2. The predicted octanol–water partition coefficient (Wildman–Crippen LogP) is 4.89. The van der Waals surface area contributed by atoms with Gasteiger partial charge in [-0.05, 0) is 59.9 Å². The number of rotatable bonds is 11. The summed E-state index contributed by atoms with van der Waals surface area (Å²) in [5.41, 5.74) is 2.63. The Labute approximate surface area is 254 Å². The molecule has 230 valence electrons. The second-order valence-electron chi connectivity index (χ2n) is 11.5. The lowest BCUT2D eigenvalue weighted by Crippen LogP contribution is -2.39. The van der Waals surface area contributed by atoms with Crippen LogP contribution in [0.2, 0.25) is 0 Å². The number of nitro groups is 1. The fraction of sp³-hybridized carbons (Fsp3) is 0.353. The third-order valence-electron chi connectivity index (χ3n) is 8.83. The Balaban J connectivity index is 1.41. The zero-order chi connectivity index (χ0) is 31.5. The monoisotopic (exact) mass is 600 g/mol. The van der Waals surface area contributed by atoms with Crippen LogP contribution in [-0.4, -0.2) is 56.5 Å². The number of benzene rings is 3. The van der Waals surface area contributed by atoms with Crippen molar-refractivity contribution in [3.63, 3.8) is 0 Å². The minimum Gasteiger partial charge on any atom is -0.507 e. The first kappa shape index (κ1) is 31.1. The van der Waals surface area contributed by atoms with Gasteiger partial charge in [-0.15, -0.1) is 0 Å². The molecule has 3 aromatic rings. The van der Waals surface area contributed by atoms with Gasteiger partial charge in [-0.2, -0.15) is 0 Å². The van der Waals surface area contributed by atoms with Gasteiger partial charge in [0.25, 0.3) is 5.69 Å². The van der Waals surface area contributed by atoms with Gasteiger partial charge < -0.3 is 20.4 Å². The molecule has 44 heavy (non-hydrogen) atoms. The number of phenolic OH excluding ortho intramolecular Hbond substituents is 1. The minimum absolute atomic E-state index is 0.0389. The molecule has 0 aromatic heterocycles. The van der Waals surface area contributed by atoms with Crippen molar-refractivity contribution in [2.24, 2.45) is 17.8 Å². The van der Waals surface area contributed by atoms with E-state index in [1.54, 1.807) is 6.07 Å². The summed E-state index contributed by atoms with van der Waals surface area (Å²) in [5, 5.41) is 55.5. The number of hydrogen-bond acceptors (Lipinski definition) is 8. The van der Waals surface area contributed by atoms with E-state index in [9.17, 15) is 40.1 Å². The smallest absolute Gasteiger partial charge is 0.271 e. The minimum atomic E-state index is -1.08. The molecule has 3 aromatic carbocycles. The molecule has 1 heterocycles. The van der Waals surface area contributed by atoms with E-state index in [1.165, 1.54) is 18.2 Å². The molecule has 0 spiro atoms. The number of fused-ring (bicyclic) bond motifs is 2. The summed E-state index contributed by atoms with van der Waals surface area (Å²) in [6, 6.07) is 16.4. The van der Waals surface area contributed by atoms with Crippen LogP contribution in [0, 0.1) is 27.9 Å². The highest BCUT2D eigenvalue weighted by molar-refractivity contribution is 6.22. The predicted molar refractivity (Wildman–Crippen MR) is 166 cm³/mol. The first-order chi connectivity index (χ1) is 21.2. The molecule has 10 heteroatoms. The quantitative estimate of drug-likeness (QED) is 0.105. The van der Waals surface area contributed by atoms with Crippen molar-refractivity contribution in [3.05, 3.63) is 93.1 Å². The van der Waals surface area contributed by atoms with Crippen LogP contribution in [0.3, 0.4) is 0 Å². The summed E-state index contributed by atoms with van der Waals surface area (Å²) in [7, 11) is 0. The molecule has 4 N–H and O–H groups in total. The van der Waals surface area contributed by atoms with E-state index in [0.29, 0.717) is 17.6 Å². The molecule has 0 unspecified atom stereocenters. The number of aliphatic hydroxyl groups is 3. The lowest BCUT2D eigenvalue weighted by atomic mass is 9.68. The molecular formula is C34H36N2O8. The molecule has 4 atom stereocenters. The van der Waals surface area contributed by atoms with Gasteiger partial charge in [-0.1, -0.05) is 61.4 Å². The molecule has 0 saturated carbocycles. The number of hydrogen-bond donors (Lipinski definition) is 4. The standard InChI is InChI=1S/C34H36N2O8/c1-2-6-20(15-21-12-14-29(39)26-10-4-3-9-25(21)26)11-13-30(40)31-22(18-37)16-27-32(28(31)19-38)34(42)35(33(27)41)23-7-5-8-24(17-23)36(43)44/h3-5,7-10,12,14-15,17,27-28,30,32,37-40H,2,6,11,13,16,18-19H2,1H3/b20-15+/t27-,28+,30-,32-/m1/s1. The zero-order valence-corrected chi connectivity index (χ0v) is 24.4. The van der Waals surface area contributed by atoms with Crippen LogP contribution < -0.4 is 4.90 Å². The van der Waals surface area contributed by atoms with E-state index in [2.05, 4.69) is 13.0 Å². The normalized spacial score (nSPS) is 21.2. The number of phenols is 1. The van der Waals surface area contributed by atoms with Crippen molar-refractivity contribution in [1.82, 2.24) is 0 Å². The number of allylic oxidation sites excluding steroid dienone is 1. The molecule has 10 nitrogen and oxygen atoms in total. The third-order valence-corrected chi connectivity index (χ3v) is 8.83. The SMILES string of the molecule is CCC/C(=C\c1ccc(O)c2ccccc12)CC[C@@H](O)C1=C(CO)C[C@H]2C(=O)N(c3cccc([N+](=O)[O-])c3)C(=O)[C@H]2[C@H]1CO. The Morgan fingerprint density at radius 2 is 1.80 bits per heavy atom. The first-order valence-electron chi connectivity index (χ1n) is 14.8. The third kappa shape index (κ3) is 5.76. The van der Waals surface area contributed by atoms with Crippen molar-refractivity contribution < 1.29 is 34.9 Å². The van der Waals surface area contributed by atoms with Gasteiger partial charge in [0.2, 0.25) is 11.8 Å². The van der Waals surface area contributed by atoms with Gasteiger partial charge in [0, 0.05) is 23.4 Å². The molecule has 2 amide bonds. The van der Waals surface area contributed by atoms with Crippen molar-refractivity contribution >= 4 is 40.0 Å². The summed E-state index contributed by atoms with van der Waals surface area (Å²) < 4.78 is 0. The maximum atomic E-state index is 13.7. The Hall–Kier alpha value is -4.38. The fourth-order valence-electron chi connectivity index (χ4n) is 6.83. The highest BCUT2D eigenvalue weighted by Crippen LogP contribution is 2.47. The van der Waals surface area contributed by atoms with Gasteiger partial charge >= 0.3 is 0 Å². The van der Waals surface area contributed by atoms with Crippen LogP contribution in [0.15, 0.2) is 77.4 Å². The van der Waals surface area contributed by atoms with Gasteiger partial charge in [0.15, 0.2) is 0 Å². The van der Waals surface area contributed by atoms with Crippen molar-refractivity contribution in [1.29, 1.82) is 0 Å². The number of aromatic hydroxyl groups is 1. The number of nitro benzene ring substituents is 1. The number of amides is 2. The summed E-state index contributed by atoms with van der Waals surface area (Å²) in [4.78, 5) is 38.8. The molecule has 5 rings (SSSR count). The molecule has 1 fully saturated rings. The van der Waals surface area contributed by atoms with Crippen LogP contribution >= 0.6 is 0 Å². The van der Waals surface area contributed by atoms with Crippen LogP contribution in [0.1, 0.15) is 44.6 Å². The highest BCUT2D eigenvalue weighted by Gasteiger charge is 2.55. The number of imide groups is 1. The van der Waals surface area contributed by atoms with E-state index in [4.69, 9.17) is 0 Å². The van der Waals surface area contributed by atoms with Gasteiger partial charge in [-0.25, -0.2) is 4.90 Å². The zero-order valence-electron chi connectivity index (χ0n) is 24.4. The van der Waals surface area contributed by atoms with Gasteiger partial charge in [0.1, 0.15) is 5.75 Å². The van der Waals surface area contributed by atoms with Crippen molar-refractivity contribution in [3.8, 4) is 5.75 Å². The molecule has 2 aliphatic rings. The first-order valence-corrected chi connectivity index (χ1v) is 14.8. The lowest BCUT2D eigenvalue weighted by molar-refractivity contribution is -0.384. The summed E-state index contributed by atoms with van der Waals surface area (Å²) in [6.45, 7) is 1.10.